The van der Waals surface area contributed by atoms with Gasteiger partial charge in [-0.25, -0.2) is 14.3 Å². The average Bonchev–Trinajstić information content (AvgIpc) is 3.52. The standard InChI is InChI=1S/C27H24Cl2N4O4/c1-36-22-12-16(6-10-21(22)37-17-7-9-19(28)20(29)13-17)24-18(8-11-23(34)35)25(15-4-2-3-5-15)33-26(24)27(30)31-14-32-33/h6-15H,2-5H2,1H3,(H,34,35)(H2,30,31,32)/b11-8+. The van der Waals surface area contributed by atoms with Gasteiger partial charge >= 0.3 is 5.97 Å². The number of hydrogen-bond donors (Lipinski definition) is 2. The first-order valence-electron chi connectivity index (χ1n) is 11.7. The first kappa shape index (κ1) is 24.9. The van der Waals surface area contributed by atoms with E-state index < -0.39 is 5.97 Å². The van der Waals surface area contributed by atoms with Crippen molar-refractivity contribution in [1.82, 2.24) is 14.6 Å². The summed E-state index contributed by atoms with van der Waals surface area (Å²) in [6.45, 7) is 0. The molecular formula is C27H24Cl2N4O4. The molecule has 2 aromatic heterocycles. The Hall–Kier alpha value is -3.75. The van der Waals surface area contributed by atoms with Gasteiger partial charge in [-0.1, -0.05) is 42.1 Å². The van der Waals surface area contributed by atoms with Crippen LogP contribution in [-0.2, 0) is 4.79 Å². The second kappa shape index (κ2) is 10.3. The van der Waals surface area contributed by atoms with Crippen LogP contribution in [0.5, 0.6) is 17.2 Å². The van der Waals surface area contributed by atoms with Gasteiger partial charge in [0.1, 0.15) is 17.6 Å². The quantitative estimate of drug-likeness (QED) is 0.247. The molecule has 0 atom stereocenters. The monoisotopic (exact) mass is 538 g/mol. The minimum atomic E-state index is -1.04. The molecule has 1 saturated carbocycles. The molecule has 0 bridgehead atoms. The lowest BCUT2D eigenvalue weighted by atomic mass is 9.94. The Morgan fingerprint density at radius 3 is 2.62 bits per heavy atom. The number of aromatic nitrogens is 3. The zero-order valence-corrected chi connectivity index (χ0v) is 21.5. The molecule has 0 unspecified atom stereocenters. The van der Waals surface area contributed by atoms with Gasteiger partial charge in [0.15, 0.2) is 17.3 Å². The summed E-state index contributed by atoms with van der Waals surface area (Å²) < 4.78 is 13.5. The fourth-order valence-corrected chi connectivity index (χ4v) is 5.22. The number of carboxylic acids is 1. The van der Waals surface area contributed by atoms with Crippen molar-refractivity contribution < 1.29 is 19.4 Å². The molecule has 0 amide bonds. The van der Waals surface area contributed by atoms with Crippen LogP contribution in [0.25, 0.3) is 22.7 Å². The molecule has 2 heterocycles. The molecule has 8 nitrogen and oxygen atoms in total. The van der Waals surface area contributed by atoms with Crippen LogP contribution in [0.15, 0.2) is 48.8 Å². The van der Waals surface area contributed by atoms with E-state index in [0.29, 0.717) is 38.6 Å². The molecule has 37 heavy (non-hydrogen) atoms. The Morgan fingerprint density at radius 1 is 1.14 bits per heavy atom. The fourth-order valence-electron chi connectivity index (χ4n) is 4.94. The first-order chi connectivity index (χ1) is 17.9. The number of carboxylic acid groups (broad SMARTS) is 1. The third kappa shape index (κ3) is 4.82. The van der Waals surface area contributed by atoms with Gasteiger partial charge < -0.3 is 20.3 Å². The van der Waals surface area contributed by atoms with E-state index in [1.54, 1.807) is 37.5 Å². The summed E-state index contributed by atoms with van der Waals surface area (Å²) in [5, 5.41) is 14.7. The Bertz CT molecular complexity index is 1530. The third-order valence-electron chi connectivity index (χ3n) is 6.53. The molecule has 5 rings (SSSR count). The molecule has 1 fully saturated rings. The maximum absolute atomic E-state index is 11.5. The molecule has 0 saturated heterocycles. The van der Waals surface area contributed by atoms with Gasteiger partial charge in [-0.2, -0.15) is 5.10 Å². The van der Waals surface area contributed by atoms with Crippen molar-refractivity contribution in [2.75, 3.05) is 12.8 Å². The lowest BCUT2D eigenvalue weighted by Gasteiger charge is -2.13. The van der Waals surface area contributed by atoms with E-state index in [1.165, 1.54) is 6.33 Å². The molecule has 0 spiro atoms. The Labute approximate surface area is 223 Å². The topological polar surface area (TPSA) is 112 Å². The molecule has 10 heteroatoms. The molecule has 1 aliphatic carbocycles. The molecule has 0 aliphatic heterocycles. The molecule has 190 valence electrons. The van der Waals surface area contributed by atoms with Crippen LogP contribution < -0.4 is 15.2 Å². The van der Waals surface area contributed by atoms with Gasteiger partial charge in [0.25, 0.3) is 0 Å². The number of anilines is 1. The molecule has 4 aromatic rings. The van der Waals surface area contributed by atoms with E-state index in [2.05, 4.69) is 10.1 Å². The van der Waals surface area contributed by atoms with Crippen molar-refractivity contribution in [3.05, 3.63) is 70.1 Å². The van der Waals surface area contributed by atoms with E-state index in [1.807, 2.05) is 16.6 Å². The Balaban J connectivity index is 1.69. The number of carbonyl (C=O) groups is 1. The fraction of sp³-hybridized carbons (Fsp3) is 0.222. The summed E-state index contributed by atoms with van der Waals surface area (Å²) in [6.07, 6.45) is 8.36. The highest BCUT2D eigenvalue weighted by Crippen LogP contribution is 2.45. The van der Waals surface area contributed by atoms with Crippen LogP contribution >= 0.6 is 23.2 Å². The van der Waals surface area contributed by atoms with Crippen molar-refractivity contribution in [3.63, 3.8) is 0 Å². The average molecular weight is 539 g/mol. The van der Waals surface area contributed by atoms with Gasteiger partial charge in [0.05, 0.1) is 22.8 Å². The zero-order chi connectivity index (χ0) is 26.1. The summed E-state index contributed by atoms with van der Waals surface area (Å²) in [5.41, 5.74) is 10.2. The molecular weight excluding hydrogens is 515 g/mol. The van der Waals surface area contributed by atoms with Gasteiger partial charge in [-0.05, 0) is 48.7 Å². The maximum atomic E-state index is 11.5. The molecule has 3 N–H and O–H groups in total. The van der Waals surface area contributed by atoms with Crippen LogP contribution in [0, 0.1) is 0 Å². The highest BCUT2D eigenvalue weighted by molar-refractivity contribution is 6.42. The predicted octanol–water partition coefficient (Wildman–Crippen LogP) is 6.84. The van der Waals surface area contributed by atoms with Crippen molar-refractivity contribution in [3.8, 4) is 28.4 Å². The summed E-state index contributed by atoms with van der Waals surface area (Å²) in [4.78, 5) is 15.7. The minimum Gasteiger partial charge on any atom is -0.493 e. The van der Waals surface area contributed by atoms with Gasteiger partial charge in [0, 0.05) is 29.2 Å². The van der Waals surface area contributed by atoms with Crippen molar-refractivity contribution in [1.29, 1.82) is 0 Å². The van der Waals surface area contributed by atoms with E-state index in [4.69, 9.17) is 38.4 Å². The highest BCUT2D eigenvalue weighted by Gasteiger charge is 2.29. The molecule has 1 aliphatic rings. The van der Waals surface area contributed by atoms with E-state index in [9.17, 15) is 9.90 Å². The highest BCUT2D eigenvalue weighted by atomic mass is 35.5. The number of aliphatic carboxylic acids is 1. The largest absolute Gasteiger partial charge is 0.493 e. The predicted molar refractivity (Wildman–Crippen MR) is 144 cm³/mol. The van der Waals surface area contributed by atoms with Gasteiger partial charge in [-0.15, -0.1) is 0 Å². The first-order valence-corrected chi connectivity index (χ1v) is 12.5. The van der Waals surface area contributed by atoms with Crippen LogP contribution in [0.2, 0.25) is 10.0 Å². The number of nitrogen functional groups attached to an aromatic ring is 1. The maximum Gasteiger partial charge on any atom is 0.328 e. The number of fused-ring (bicyclic) bond motifs is 1. The lowest BCUT2D eigenvalue weighted by molar-refractivity contribution is -0.131. The number of benzene rings is 2. The van der Waals surface area contributed by atoms with Crippen LogP contribution in [0.4, 0.5) is 5.82 Å². The van der Waals surface area contributed by atoms with Gasteiger partial charge in [0.2, 0.25) is 0 Å². The van der Waals surface area contributed by atoms with Crippen LogP contribution in [0.3, 0.4) is 0 Å². The summed E-state index contributed by atoms with van der Waals surface area (Å²) in [5.74, 6) is 0.920. The van der Waals surface area contributed by atoms with E-state index >= 15 is 0 Å². The number of methoxy groups -OCH3 is 1. The summed E-state index contributed by atoms with van der Waals surface area (Å²) >= 11 is 12.2. The van der Waals surface area contributed by atoms with Crippen LogP contribution in [-0.4, -0.2) is 32.8 Å². The number of halogens is 2. The SMILES string of the molecule is COc1cc(-c2c(/C=C/C(=O)O)c(C3CCCC3)n3ncnc(N)c23)ccc1Oc1ccc(Cl)c(Cl)c1. The number of nitrogens with two attached hydrogens (primary N) is 1. The Kier molecular flexibility index (Phi) is 6.95. The van der Waals surface area contributed by atoms with Crippen molar-refractivity contribution in [2.24, 2.45) is 0 Å². The normalized spacial score (nSPS) is 14.0. The smallest absolute Gasteiger partial charge is 0.328 e. The van der Waals surface area contributed by atoms with Crippen molar-refractivity contribution >= 4 is 46.6 Å². The number of nitrogens with zero attached hydrogens (tertiary/aromatic N) is 3. The lowest BCUT2D eigenvalue weighted by Crippen LogP contribution is -2.05. The second-order valence-corrected chi connectivity index (χ2v) is 9.59. The zero-order valence-electron chi connectivity index (χ0n) is 19.9. The summed E-state index contributed by atoms with van der Waals surface area (Å²) in [7, 11) is 1.55. The third-order valence-corrected chi connectivity index (χ3v) is 7.27. The molecule has 0 radical (unpaired) electrons. The second-order valence-electron chi connectivity index (χ2n) is 8.78. The van der Waals surface area contributed by atoms with Gasteiger partial charge in [-0.3, -0.25) is 0 Å². The number of ether oxygens (including phenoxy) is 2. The Morgan fingerprint density at radius 2 is 1.92 bits per heavy atom. The van der Waals surface area contributed by atoms with Crippen molar-refractivity contribution in [2.45, 2.75) is 31.6 Å². The number of hydrogen-bond acceptors (Lipinski definition) is 6. The summed E-state index contributed by atoms with van der Waals surface area (Å²) in [6, 6.07) is 10.5. The van der Waals surface area contributed by atoms with Crippen LogP contribution in [0.1, 0.15) is 42.9 Å². The number of rotatable bonds is 7. The van der Waals surface area contributed by atoms with E-state index in [-0.39, 0.29) is 5.92 Å². The molecule has 2 aromatic carbocycles. The van der Waals surface area contributed by atoms with E-state index in [0.717, 1.165) is 54.1 Å². The minimum absolute atomic E-state index is 0.225.